The first-order chi connectivity index (χ1) is 20.0. The maximum absolute atomic E-state index is 14.6. The van der Waals surface area contributed by atoms with Crippen LogP contribution in [0.15, 0.2) is 28.3 Å². The van der Waals surface area contributed by atoms with Gasteiger partial charge in [-0.1, -0.05) is 60.1 Å². The lowest BCUT2D eigenvalue weighted by Gasteiger charge is -2.69. The Morgan fingerprint density at radius 3 is 2.40 bits per heavy atom. The molecule has 43 heavy (non-hydrogen) atoms. The lowest BCUT2D eigenvalue weighted by atomic mass is 9.35. The topological polar surface area (TPSA) is 127 Å². The molecule has 0 radical (unpaired) electrons. The van der Waals surface area contributed by atoms with Gasteiger partial charge >= 0.3 is 0 Å². The highest BCUT2D eigenvalue weighted by atomic mass is 16.5. The zero-order valence-electron chi connectivity index (χ0n) is 27.3. The molecule has 3 saturated carbocycles. The van der Waals surface area contributed by atoms with E-state index < -0.39 is 10.8 Å². The van der Waals surface area contributed by atoms with Crippen LogP contribution in [-0.2, 0) is 14.3 Å². The van der Waals surface area contributed by atoms with Crippen molar-refractivity contribution in [1.82, 2.24) is 10.6 Å². The standard InChI is InChI=1S/C35H49N5O3/c1-30(2)11-13-35(43-16-15-39-29(38-8)40-21-37)14-12-34(7)27(23(35)19-30)24(41)17-26-32(5)18-22(20-36)28(42)31(3,4)25(32)9-10-33(26,34)6/h17-18,23,25,27H,9-16,19H2,1-8H3,(H2,38,39,40)/t23-,25-,27-,32-,33+,34+,35-/m0/s1. The third-order valence-electron chi connectivity index (χ3n) is 13.0. The minimum absolute atomic E-state index is 0.0380. The first-order valence-corrected chi connectivity index (χ1v) is 16.0. The maximum Gasteiger partial charge on any atom is 0.204 e. The van der Waals surface area contributed by atoms with Crippen molar-refractivity contribution in [2.45, 2.75) is 99.0 Å². The molecule has 0 aromatic carbocycles. The summed E-state index contributed by atoms with van der Waals surface area (Å²) >= 11 is 0. The third kappa shape index (κ3) is 4.50. The van der Waals surface area contributed by atoms with Crippen molar-refractivity contribution in [3.63, 3.8) is 0 Å². The van der Waals surface area contributed by atoms with E-state index in [-0.39, 0.29) is 56.7 Å². The SMILES string of the molecule is CN=C(NC#N)NCCO[C@]12CCC(C)(C)C[C@H]1[C@H]1C(=O)C=C3[C@@]4(C)C=C(C#N)C(=O)C(C)(C)[C@@H]4CC[C@@]3(C)[C@]1(C)CC2. The molecule has 5 aliphatic carbocycles. The van der Waals surface area contributed by atoms with E-state index in [9.17, 15) is 14.9 Å². The molecule has 0 bridgehead atoms. The molecule has 0 aromatic heterocycles. The summed E-state index contributed by atoms with van der Waals surface area (Å²) in [7, 11) is 1.63. The van der Waals surface area contributed by atoms with Crippen LogP contribution in [0.2, 0.25) is 0 Å². The molecule has 7 atom stereocenters. The maximum atomic E-state index is 14.6. The smallest absolute Gasteiger partial charge is 0.204 e. The number of fused-ring (bicyclic) bond motifs is 7. The van der Waals surface area contributed by atoms with Crippen molar-refractivity contribution in [1.29, 1.82) is 10.5 Å². The summed E-state index contributed by atoms with van der Waals surface area (Å²) in [6.07, 6.45) is 12.3. The third-order valence-corrected chi connectivity index (χ3v) is 13.0. The monoisotopic (exact) mass is 587 g/mol. The van der Waals surface area contributed by atoms with E-state index in [1.165, 1.54) is 0 Å². The fraction of sp³-hybridized carbons (Fsp3) is 0.743. The largest absolute Gasteiger partial charge is 0.373 e. The number of hydrogen-bond acceptors (Lipinski definition) is 6. The Hall–Kier alpha value is -2.97. The number of nitriles is 2. The van der Waals surface area contributed by atoms with Crippen molar-refractivity contribution < 1.29 is 14.3 Å². The number of aliphatic imine (C=N–C) groups is 1. The van der Waals surface area contributed by atoms with Gasteiger partial charge < -0.3 is 10.1 Å². The lowest BCUT2D eigenvalue weighted by molar-refractivity contribution is -0.213. The summed E-state index contributed by atoms with van der Waals surface area (Å²) < 4.78 is 6.84. The zero-order valence-corrected chi connectivity index (χ0v) is 27.3. The fourth-order valence-electron chi connectivity index (χ4n) is 10.5. The van der Waals surface area contributed by atoms with Crippen molar-refractivity contribution >= 4 is 17.5 Å². The molecule has 2 N–H and O–H groups in total. The van der Waals surface area contributed by atoms with Crippen LogP contribution in [0.3, 0.4) is 0 Å². The predicted molar refractivity (Wildman–Crippen MR) is 165 cm³/mol. The summed E-state index contributed by atoms with van der Waals surface area (Å²) in [4.78, 5) is 32.0. The number of carbonyl (C=O) groups is 2. The highest BCUT2D eigenvalue weighted by molar-refractivity contribution is 6.04. The number of nitrogens with zero attached hydrogens (tertiary/aromatic N) is 3. The molecule has 5 aliphatic rings. The van der Waals surface area contributed by atoms with Crippen LogP contribution >= 0.6 is 0 Å². The molecule has 0 saturated heterocycles. The van der Waals surface area contributed by atoms with Crippen LogP contribution in [0.4, 0.5) is 0 Å². The van der Waals surface area contributed by atoms with Crippen LogP contribution in [-0.4, -0.2) is 43.3 Å². The van der Waals surface area contributed by atoms with Crippen LogP contribution in [0.5, 0.6) is 0 Å². The molecule has 0 amide bonds. The number of guanidine groups is 1. The van der Waals surface area contributed by atoms with Gasteiger partial charge in [-0.15, -0.1) is 0 Å². The van der Waals surface area contributed by atoms with Crippen molar-refractivity contribution in [3.05, 3.63) is 23.3 Å². The average molecular weight is 588 g/mol. The number of hydrogen-bond donors (Lipinski definition) is 2. The van der Waals surface area contributed by atoms with Crippen LogP contribution in [0.1, 0.15) is 93.4 Å². The molecule has 0 aromatic rings. The molecule has 3 fully saturated rings. The number of rotatable bonds is 4. The molecule has 5 rings (SSSR count). The lowest BCUT2D eigenvalue weighted by Crippen LogP contribution is -2.66. The Kier molecular flexibility index (Phi) is 7.53. The first kappa shape index (κ1) is 31.5. The molecular formula is C35H49N5O3. The minimum Gasteiger partial charge on any atom is -0.373 e. The predicted octanol–water partition coefficient (Wildman–Crippen LogP) is 5.62. The van der Waals surface area contributed by atoms with Crippen molar-refractivity contribution in [2.24, 2.45) is 49.8 Å². The number of Topliss-reactive ketones (excluding diaryl/α,β-unsaturated/α-hetero) is 1. The van der Waals surface area contributed by atoms with E-state index in [0.29, 0.717) is 19.1 Å². The average Bonchev–Trinajstić information content (AvgIpc) is 2.94. The number of ether oxygens (including phenoxy) is 1. The Morgan fingerprint density at radius 1 is 1.05 bits per heavy atom. The highest BCUT2D eigenvalue weighted by Gasteiger charge is 2.70. The molecule has 8 heteroatoms. The molecular weight excluding hydrogens is 538 g/mol. The normalized spacial score (nSPS) is 41.2. The molecule has 0 heterocycles. The Morgan fingerprint density at radius 2 is 1.74 bits per heavy atom. The van der Waals surface area contributed by atoms with Gasteiger partial charge in [0, 0.05) is 30.3 Å². The Balaban J connectivity index is 1.54. The van der Waals surface area contributed by atoms with E-state index >= 15 is 0 Å². The van der Waals surface area contributed by atoms with Crippen LogP contribution in [0, 0.1) is 67.6 Å². The van der Waals surface area contributed by atoms with Crippen molar-refractivity contribution in [2.75, 3.05) is 20.2 Å². The van der Waals surface area contributed by atoms with Gasteiger partial charge in [0.05, 0.1) is 17.8 Å². The van der Waals surface area contributed by atoms with Gasteiger partial charge in [-0.3, -0.25) is 19.9 Å². The minimum atomic E-state index is -0.667. The van der Waals surface area contributed by atoms with Gasteiger partial charge in [0.1, 0.15) is 6.07 Å². The Bertz CT molecular complexity index is 1390. The van der Waals surface area contributed by atoms with E-state index in [1.54, 1.807) is 7.05 Å². The van der Waals surface area contributed by atoms with E-state index in [1.807, 2.05) is 32.2 Å². The number of carbonyl (C=O) groups excluding carboxylic acids is 2. The van der Waals surface area contributed by atoms with Gasteiger partial charge in [-0.05, 0) is 79.1 Å². The van der Waals surface area contributed by atoms with Gasteiger partial charge in [0.25, 0.3) is 0 Å². The quantitative estimate of drug-likeness (QED) is 0.144. The molecule has 232 valence electrons. The van der Waals surface area contributed by atoms with Gasteiger partial charge in [-0.2, -0.15) is 10.5 Å². The summed E-state index contributed by atoms with van der Waals surface area (Å²) in [5, 5.41) is 24.6. The second kappa shape index (κ2) is 10.3. The summed E-state index contributed by atoms with van der Waals surface area (Å²) in [5.74, 6) is 0.496. The number of nitrogens with one attached hydrogen (secondary N) is 2. The second-order valence-electron chi connectivity index (χ2n) is 15.9. The zero-order chi connectivity index (χ0) is 31.6. The molecule has 8 nitrogen and oxygen atoms in total. The number of ketones is 2. The van der Waals surface area contributed by atoms with Gasteiger partial charge in [-0.25, -0.2) is 0 Å². The summed E-state index contributed by atoms with van der Waals surface area (Å²) in [5.41, 5.74) is -0.618. The van der Waals surface area contributed by atoms with Gasteiger partial charge in [0.2, 0.25) is 5.96 Å². The highest BCUT2D eigenvalue weighted by Crippen LogP contribution is 2.73. The molecule has 0 aliphatic heterocycles. The molecule has 0 spiro atoms. The number of allylic oxidation sites excluding steroid dienone is 4. The summed E-state index contributed by atoms with van der Waals surface area (Å²) in [6.45, 7) is 16.5. The Labute approximate surface area is 257 Å². The first-order valence-electron chi connectivity index (χ1n) is 16.0. The van der Waals surface area contributed by atoms with Gasteiger partial charge in [0.15, 0.2) is 17.8 Å². The second-order valence-corrected chi connectivity index (χ2v) is 15.9. The van der Waals surface area contributed by atoms with Crippen LogP contribution in [0.25, 0.3) is 0 Å². The molecule has 0 unspecified atom stereocenters. The van der Waals surface area contributed by atoms with Crippen molar-refractivity contribution in [3.8, 4) is 12.3 Å². The van der Waals surface area contributed by atoms with Crippen LogP contribution < -0.4 is 10.6 Å². The van der Waals surface area contributed by atoms with E-state index in [2.05, 4.69) is 56.3 Å². The van der Waals surface area contributed by atoms with E-state index in [4.69, 9.17) is 10.00 Å². The fourth-order valence-corrected chi connectivity index (χ4v) is 10.5. The van der Waals surface area contributed by atoms with E-state index in [0.717, 1.165) is 50.5 Å². The summed E-state index contributed by atoms with van der Waals surface area (Å²) in [6, 6.07) is 2.20.